The molecule has 0 bridgehead atoms. The van der Waals surface area contributed by atoms with Crippen molar-refractivity contribution in [2.24, 2.45) is 0 Å². The van der Waals surface area contributed by atoms with Crippen LogP contribution in [0.3, 0.4) is 0 Å². The van der Waals surface area contributed by atoms with Crippen molar-refractivity contribution in [1.29, 1.82) is 0 Å². The van der Waals surface area contributed by atoms with Gasteiger partial charge in [-0.25, -0.2) is 18.6 Å². The van der Waals surface area contributed by atoms with E-state index < -0.39 is 12.4 Å². The van der Waals surface area contributed by atoms with Crippen LogP contribution in [0.4, 0.5) is 8.78 Å². The molecular formula is C14H13F2NO2S. The van der Waals surface area contributed by atoms with E-state index in [1.54, 1.807) is 0 Å². The Bertz CT molecular complexity index is 621. The Morgan fingerprint density at radius 2 is 1.85 bits per heavy atom. The van der Waals surface area contributed by atoms with Crippen molar-refractivity contribution in [3.8, 4) is 10.4 Å². The topological polar surface area (TPSA) is 50.2 Å². The number of hydrogen-bond acceptors (Lipinski definition) is 3. The molecular weight excluding hydrogens is 284 g/mol. The predicted molar refractivity (Wildman–Crippen MR) is 73.6 cm³/mol. The smallest absolute Gasteiger partial charge is 0.356 e. The fourth-order valence-corrected chi connectivity index (χ4v) is 2.77. The normalized spacial score (nSPS) is 11.3. The van der Waals surface area contributed by atoms with Gasteiger partial charge in [0.15, 0.2) is 5.69 Å². The summed E-state index contributed by atoms with van der Waals surface area (Å²) in [5.74, 6) is -0.992. The van der Waals surface area contributed by atoms with Crippen LogP contribution in [0.25, 0.3) is 10.4 Å². The fraction of sp³-hybridized carbons (Fsp3) is 0.286. The molecule has 3 nitrogen and oxygen atoms in total. The van der Waals surface area contributed by atoms with Crippen molar-refractivity contribution in [3.05, 3.63) is 40.5 Å². The van der Waals surface area contributed by atoms with Crippen LogP contribution in [-0.2, 0) is 0 Å². The molecule has 0 radical (unpaired) electrons. The lowest BCUT2D eigenvalue weighted by molar-refractivity contribution is 0.0692. The summed E-state index contributed by atoms with van der Waals surface area (Å²) in [7, 11) is 0. The molecule has 1 aromatic carbocycles. The molecule has 0 aliphatic carbocycles. The average molecular weight is 297 g/mol. The number of alkyl halides is 2. The largest absolute Gasteiger partial charge is 0.476 e. The van der Waals surface area contributed by atoms with Crippen molar-refractivity contribution >= 4 is 17.3 Å². The third-order valence-electron chi connectivity index (χ3n) is 2.77. The summed E-state index contributed by atoms with van der Waals surface area (Å²) in [5.41, 5.74) is 0.485. The lowest BCUT2D eigenvalue weighted by atomic mass is 10.1. The maximum Gasteiger partial charge on any atom is 0.356 e. The number of benzene rings is 1. The second kappa shape index (κ2) is 5.66. The van der Waals surface area contributed by atoms with E-state index in [1.807, 2.05) is 13.8 Å². The summed E-state index contributed by atoms with van der Waals surface area (Å²) in [6.07, 6.45) is -2.53. The van der Waals surface area contributed by atoms with Crippen LogP contribution in [0.5, 0.6) is 0 Å². The highest BCUT2D eigenvalue weighted by atomic mass is 32.1. The van der Waals surface area contributed by atoms with Crippen molar-refractivity contribution in [2.45, 2.75) is 26.2 Å². The van der Waals surface area contributed by atoms with Gasteiger partial charge >= 0.3 is 5.97 Å². The maximum atomic E-state index is 12.5. The van der Waals surface area contributed by atoms with E-state index in [0.717, 1.165) is 5.01 Å². The quantitative estimate of drug-likeness (QED) is 0.899. The van der Waals surface area contributed by atoms with E-state index >= 15 is 0 Å². The molecule has 0 saturated heterocycles. The number of rotatable bonds is 4. The summed E-state index contributed by atoms with van der Waals surface area (Å²) >= 11 is 1.28. The van der Waals surface area contributed by atoms with Gasteiger partial charge in [0.1, 0.15) is 0 Å². The number of thiazole rings is 1. The van der Waals surface area contributed by atoms with Gasteiger partial charge < -0.3 is 5.11 Å². The Morgan fingerprint density at radius 1 is 1.25 bits per heavy atom. The molecule has 0 spiro atoms. The third kappa shape index (κ3) is 2.85. The number of nitrogens with zero attached hydrogens (tertiary/aromatic N) is 1. The monoisotopic (exact) mass is 297 g/mol. The van der Waals surface area contributed by atoms with Gasteiger partial charge in [-0.05, 0) is 5.56 Å². The Balaban J connectivity index is 2.48. The molecule has 6 heteroatoms. The Kier molecular flexibility index (Phi) is 4.13. The second-order valence-electron chi connectivity index (χ2n) is 4.61. The zero-order chi connectivity index (χ0) is 14.9. The van der Waals surface area contributed by atoms with Crippen LogP contribution in [0.2, 0.25) is 0 Å². The molecule has 1 aromatic heterocycles. The molecule has 2 rings (SSSR count). The number of hydrogen-bond donors (Lipinski definition) is 1. The molecule has 0 saturated carbocycles. The van der Waals surface area contributed by atoms with Gasteiger partial charge in [0.05, 0.1) is 9.88 Å². The van der Waals surface area contributed by atoms with E-state index in [2.05, 4.69) is 4.98 Å². The molecule has 106 valence electrons. The van der Waals surface area contributed by atoms with Crippen LogP contribution in [-0.4, -0.2) is 16.1 Å². The van der Waals surface area contributed by atoms with Crippen LogP contribution in [0.15, 0.2) is 24.3 Å². The Morgan fingerprint density at radius 3 is 2.30 bits per heavy atom. The highest BCUT2D eigenvalue weighted by Gasteiger charge is 2.20. The van der Waals surface area contributed by atoms with E-state index in [-0.39, 0.29) is 17.2 Å². The van der Waals surface area contributed by atoms with Crippen LogP contribution in [0, 0.1) is 0 Å². The predicted octanol–water partition coefficient (Wildman–Crippen LogP) is 4.57. The first-order valence-electron chi connectivity index (χ1n) is 6.02. The summed E-state index contributed by atoms with van der Waals surface area (Å²) in [4.78, 5) is 15.8. The van der Waals surface area contributed by atoms with Gasteiger partial charge in [0.2, 0.25) is 0 Å². The number of carboxylic acid groups (broad SMARTS) is 1. The van der Waals surface area contributed by atoms with E-state index in [4.69, 9.17) is 0 Å². The number of aromatic carboxylic acids is 1. The Labute approximate surface area is 118 Å². The SMILES string of the molecule is CC(C)c1nc(C(=O)O)c(-c2ccc(C(F)F)cc2)s1. The number of halogens is 2. The highest BCUT2D eigenvalue weighted by Crippen LogP contribution is 2.34. The maximum absolute atomic E-state index is 12.5. The van der Waals surface area contributed by atoms with E-state index in [1.165, 1.54) is 35.6 Å². The second-order valence-corrected chi connectivity index (χ2v) is 5.64. The number of carbonyl (C=O) groups is 1. The van der Waals surface area contributed by atoms with E-state index in [9.17, 15) is 18.7 Å². The van der Waals surface area contributed by atoms with E-state index in [0.29, 0.717) is 10.4 Å². The lowest BCUT2D eigenvalue weighted by Gasteiger charge is -2.02. The molecule has 20 heavy (non-hydrogen) atoms. The zero-order valence-corrected chi connectivity index (χ0v) is 11.7. The summed E-state index contributed by atoms with van der Waals surface area (Å²) in [6, 6.07) is 5.62. The zero-order valence-electron chi connectivity index (χ0n) is 10.9. The van der Waals surface area contributed by atoms with Crippen molar-refractivity contribution in [1.82, 2.24) is 4.98 Å². The van der Waals surface area contributed by atoms with Gasteiger partial charge in [-0.2, -0.15) is 0 Å². The minimum absolute atomic E-state index is 0.0245. The van der Waals surface area contributed by atoms with Gasteiger partial charge in [-0.15, -0.1) is 11.3 Å². The first-order valence-corrected chi connectivity index (χ1v) is 6.84. The minimum atomic E-state index is -2.53. The summed E-state index contributed by atoms with van der Waals surface area (Å²) in [5, 5.41) is 9.91. The van der Waals surface area contributed by atoms with Gasteiger partial charge in [-0.1, -0.05) is 38.1 Å². The van der Waals surface area contributed by atoms with Crippen LogP contribution in [0.1, 0.15) is 47.3 Å². The number of aromatic nitrogens is 1. The van der Waals surface area contributed by atoms with Crippen molar-refractivity contribution in [2.75, 3.05) is 0 Å². The molecule has 0 unspecified atom stereocenters. The van der Waals surface area contributed by atoms with Crippen LogP contribution >= 0.6 is 11.3 Å². The molecule has 0 aliphatic rings. The minimum Gasteiger partial charge on any atom is -0.476 e. The highest BCUT2D eigenvalue weighted by molar-refractivity contribution is 7.15. The molecule has 0 fully saturated rings. The van der Waals surface area contributed by atoms with Crippen molar-refractivity contribution in [3.63, 3.8) is 0 Å². The lowest BCUT2D eigenvalue weighted by Crippen LogP contribution is -1.99. The molecule has 1 N–H and O–H groups in total. The molecule has 1 heterocycles. The van der Waals surface area contributed by atoms with Gasteiger partial charge in [0.25, 0.3) is 6.43 Å². The average Bonchev–Trinajstić information content (AvgIpc) is 2.84. The number of carboxylic acids is 1. The standard InChI is InChI=1S/C14H13F2NO2S/c1-7(2)13-17-10(14(18)19)11(20-13)8-3-5-9(6-4-8)12(15)16/h3-7,12H,1-2H3,(H,18,19). The van der Waals surface area contributed by atoms with Crippen molar-refractivity contribution < 1.29 is 18.7 Å². The first-order chi connectivity index (χ1) is 9.40. The summed E-state index contributed by atoms with van der Waals surface area (Å²) in [6.45, 7) is 3.85. The summed E-state index contributed by atoms with van der Waals surface area (Å²) < 4.78 is 25.0. The Hall–Kier alpha value is -1.82. The van der Waals surface area contributed by atoms with Crippen LogP contribution < -0.4 is 0 Å². The van der Waals surface area contributed by atoms with Gasteiger partial charge in [-0.3, -0.25) is 0 Å². The fourth-order valence-electron chi connectivity index (χ4n) is 1.70. The van der Waals surface area contributed by atoms with Gasteiger partial charge in [0, 0.05) is 11.5 Å². The molecule has 0 atom stereocenters. The molecule has 0 amide bonds. The molecule has 0 aliphatic heterocycles. The first kappa shape index (κ1) is 14.6. The molecule has 2 aromatic rings. The third-order valence-corrected chi connectivity index (χ3v) is 4.17.